The molecule has 1 aromatic carbocycles. The van der Waals surface area contributed by atoms with Crippen molar-refractivity contribution in [2.45, 2.75) is 4.90 Å². The normalized spacial score (nSPS) is 11.5. The van der Waals surface area contributed by atoms with Crippen LogP contribution in [0.2, 0.25) is 0 Å². The lowest BCUT2D eigenvalue weighted by atomic mass is 10.2. The van der Waals surface area contributed by atoms with E-state index in [2.05, 4.69) is 9.97 Å². The largest absolute Gasteiger partial charge is 0.408 e. The van der Waals surface area contributed by atoms with Crippen LogP contribution in [0, 0.1) is 11.3 Å². The average molecular weight is 365 g/mol. The van der Waals surface area contributed by atoms with Crippen LogP contribution < -0.4 is 10.7 Å². The molecule has 0 atom stereocenters. The molecule has 0 unspecified atom stereocenters. The topological polar surface area (TPSA) is 124 Å². The maximum Gasteiger partial charge on any atom is 0.269 e. The summed E-state index contributed by atoms with van der Waals surface area (Å²) in [7, 11) is -3.96. The van der Waals surface area contributed by atoms with E-state index in [1.54, 1.807) is 30.3 Å². The zero-order chi connectivity index (χ0) is 18.3. The molecule has 4 rings (SSSR count). The van der Waals surface area contributed by atoms with Gasteiger partial charge in [0.15, 0.2) is 17.1 Å². The molecule has 0 bridgehead atoms. The van der Waals surface area contributed by atoms with Gasteiger partial charge in [0, 0.05) is 11.6 Å². The molecule has 0 aliphatic carbocycles. The highest BCUT2D eigenvalue weighted by Gasteiger charge is 2.27. The number of fused-ring (bicyclic) bond motifs is 3. The van der Waals surface area contributed by atoms with Gasteiger partial charge in [0.25, 0.3) is 10.0 Å². The third kappa shape index (κ3) is 2.13. The number of aromatic nitrogens is 3. The van der Waals surface area contributed by atoms with Crippen molar-refractivity contribution in [2.75, 3.05) is 0 Å². The molecular weight excluding hydrogens is 354 g/mol. The molecule has 9 heteroatoms. The number of hydrogen-bond acceptors (Lipinski definition) is 7. The summed E-state index contributed by atoms with van der Waals surface area (Å²) in [6.07, 6.45) is 2.79. The SMILES string of the molecule is N#Cc1ncc2c(c1ON)c1cccnc1n2S(=O)(=O)c1ccccc1. The highest BCUT2D eigenvalue weighted by molar-refractivity contribution is 7.90. The smallest absolute Gasteiger partial charge is 0.269 e. The van der Waals surface area contributed by atoms with E-state index in [0.717, 1.165) is 3.97 Å². The fourth-order valence-corrected chi connectivity index (χ4v) is 4.38. The molecule has 0 fully saturated rings. The van der Waals surface area contributed by atoms with Gasteiger partial charge in [0.2, 0.25) is 0 Å². The van der Waals surface area contributed by atoms with Gasteiger partial charge in [0.1, 0.15) is 6.07 Å². The van der Waals surface area contributed by atoms with E-state index in [1.807, 2.05) is 6.07 Å². The molecule has 0 saturated heterocycles. The molecular formula is C17H11N5O3S. The third-order valence-electron chi connectivity index (χ3n) is 3.99. The Morgan fingerprint density at radius 1 is 1.12 bits per heavy atom. The summed E-state index contributed by atoms with van der Waals surface area (Å²) >= 11 is 0. The summed E-state index contributed by atoms with van der Waals surface area (Å²) in [5, 5.41) is 10.1. The van der Waals surface area contributed by atoms with Crippen LogP contribution in [0.4, 0.5) is 0 Å². The minimum absolute atomic E-state index is 0.00464. The van der Waals surface area contributed by atoms with Crippen molar-refractivity contribution in [3.63, 3.8) is 0 Å². The first-order valence-electron chi connectivity index (χ1n) is 7.45. The molecule has 3 aromatic heterocycles. The Morgan fingerprint density at radius 3 is 2.58 bits per heavy atom. The van der Waals surface area contributed by atoms with Crippen molar-refractivity contribution in [1.29, 1.82) is 5.26 Å². The number of rotatable bonds is 3. The maximum atomic E-state index is 13.2. The summed E-state index contributed by atoms with van der Waals surface area (Å²) in [6, 6.07) is 13.2. The van der Waals surface area contributed by atoms with Crippen LogP contribution in [-0.4, -0.2) is 22.4 Å². The highest BCUT2D eigenvalue weighted by Crippen LogP contribution is 2.37. The number of benzene rings is 1. The first kappa shape index (κ1) is 16.0. The molecule has 0 spiro atoms. The lowest BCUT2D eigenvalue weighted by Crippen LogP contribution is -2.13. The van der Waals surface area contributed by atoms with E-state index in [1.165, 1.54) is 24.5 Å². The van der Waals surface area contributed by atoms with E-state index in [-0.39, 0.29) is 27.5 Å². The molecule has 0 saturated carbocycles. The molecule has 3 heterocycles. The zero-order valence-corrected chi connectivity index (χ0v) is 14.0. The predicted molar refractivity (Wildman–Crippen MR) is 93.6 cm³/mol. The summed E-state index contributed by atoms with van der Waals surface area (Å²) in [6.45, 7) is 0. The number of hydrogen-bond donors (Lipinski definition) is 1. The summed E-state index contributed by atoms with van der Waals surface area (Å²) in [5.41, 5.74) is 0.378. The molecule has 0 radical (unpaired) electrons. The molecule has 0 amide bonds. The van der Waals surface area contributed by atoms with Gasteiger partial charge in [-0.1, -0.05) is 18.2 Å². The van der Waals surface area contributed by atoms with Gasteiger partial charge in [-0.05, 0) is 24.3 Å². The number of nitrogens with zero attached hydrogens (tertiary/aromatic N) is 4. The quantitative estimate of drug-likeness (QED) is 0.550. The number of nitrogens with two attached hydrogens (primary N) is 1. The fourth-order valence-electron chi connectivity index (χ4n) is 2.90. The third-order valence-corrected chi connectivity index (χ3v) is 5.70. The van der Waals surface area contributed by atoms with E-state index in [4.69, 9.17) is 10.7 Å². The number of pyridine rings is 2. The second-order valence-electron chi connectivity index (χ2n) is 5.38. The van der Waals surface area contributed by atoms with Crippen molar-refractivity contribution < 1.29 is 13.3 Å². The standard InChI is InChI=1S/C17H11N5O3S/c18-9-13-16(25-19)15-12-7-4-8-20-17(12)22(14(15)10-21-13)26(23,24)11-5-2-1-3-6-11/h1-8,10H,19H2. The molecule has 0 aliphatic heterocycles. The van der Waals surface area contributed by atoms with Crippen molar-refractivity contribution in [1.82, 2.24) is 13.9 Å². The van der Waals surface area contributed by atoms with Gasteiger partial charge < -0.3 is 4.84 Å². The van der Waals surface area contributed by atoms with Crippen LogP contribution in [0.5, 0.6) is 5.75 Å². The lowest BCUT2D eigenvalue weighted by Gasteiger charge is -2.08. The van der Waals surface area contributed by atoms with Gasteiger partial charge in [-0.2, -0.15) is 11.2 Å². The Morgan fingerprint density at radius 2 is 1.88 bits per heavy atom. The summed E-state index contributed by atoms with van der Waals surface area (Å²) < 4.78 is 27.6. The molecule has 2 N–H and O–H groups in total. The Hall–Kier alpha value is -3.48. The highest BCUT2D eigenvalue weighted by atomic mass is 32.2. The van der Waals surface area contributed by atoms with E-state index < -0.39 is 10.0 Å². The Kier molecular flexibility index (Phi) is 3.57. The van der Waals surface area contributed by atoms with E-state index >= 15 is 0 Å². The molecule has 4 aromatic rings. The van der Waals surface area contributed by atoms with Crippen LogP contribution in [-0.2, 0) is 10.0 Å². The molecule has 0 aliphatic rings. The average Bonchev–Trinajstić information content (AvgIpc) is 3.03. The molecule has 128 valence electrons. The summed E-state index contributed by atoms with van der Waals surface area (Å²) in [5.74, 6) is 5.35. The van der Waals surface area contributed by atoms with Crippen molar-refractivity contribution >= 4 is 32.0 Å². The van der Waals surface area contributed by atoms with E-state index in [9.17, 15) is 13.7 Å². The van der Waals surface area contributed by atoms with Crippen molar-refractivity contribution in [3.8, 4) is 11.8 Å². The lowest BCUT2D eigenvalue weighted by molar-refractivity contribution is 0.336. The maximum absolute atomic E-state index is 13.2. The Labute approximate surface area is 148 Å². The minimum Gasteiger partial charge on any atom is -0.408 e. The summed E-state index contributed by atoms with van der Waals surface area (Å²) in [4.78, 5) is 13.2. The van der Waals surface area contributed by atoms with Crippen LogP contribution >= 0.6 is 0 Å². The van der Waals surface area contributed by atoms with E-state index in [0.29, 0.717) is 10.8 Å². The zero-order valence-electron chi connectivity index (χ0n) is 13.2. The fraction of sp³-hybridized carbons (Fsp3) is 0. The first-order chi connectivity index (χ1) is 12.6. The Balaban J connectivity index is 2.22. The van der Waals surface area contributed by atoms with Gasteiger partial charge >= 0.3 is 0 Å². The molecule has 8 nitrogen and oxygen atoms in total. The predicted octanol–water partition coefficient (Wildman–Crippen LogP) is 1.95. The van der Waals surface area contributed by atoms with Gasteiger partial charge in [-0.25, -0.2) is 22.4 Å². The van der Waals surface area contributed by atoms with Gasteiger partial charge in [-0.3, -0.25) is 0 Å². The minimum atomic E-state index is -3.96. The van der Waals surface area contributed by atoms with Gasteiger partial charge in [0.05, 0.1) is 22.0 Å². The van der Waals surface area contributed by atoms with Crippen LogP contribution in [0.15, 0.2) is 59.8 Å². The van der Waals surface area contributed by atoms with Crippen molar-refractivity contribution in [2.24, 2.45) is 5.90 Å². The van der Waals surface area contributed by atoms with Crippen molar-refractivity contribution in [3.05, 3.63) is 60.6 Å². The van der Waals surface area contributed by atoms with Crippen LogP contribution in [0.1, 0.15) is 5.69 Å². The second-order valence-corrected chi connectivity index (χ2v) is 7.17. The Bertz CT molecular complexity index is 1290. The van der Waals surface area contributed by atoms with Crippen LogP contribution in [0.3, 0.4) is 0 Å². The van der Waals surface area contributed by atoms with Gasteiger partial charge in [-0.15, -0.1) is 0 Å². The monoisotopic (exact) mass is 365 g/mol. The second kappa shape index (κ2) is 5.80. The number of nitriles is 1. The first-order valence-corrected chi connectivity index (χ1v) is 8.89. The van der Waals surface area contributed by atoms with Crippen LogP contribution in [0.25, 0.3) is 21.9 Å². The molecule has 26 heavy (non-hydrogen) atoms.